The van der Waals surface area contributed by atoms with Crippen LogP contribution in [0, 0.1) is 17.8 Å². The molecule has 0 bridgehead atoms. The van der Waals surface area contributed by atoms with Crippen LogP contribution in [0.1, 0.15) is 43.4 Å². The summed E-state index contributed by atoms with van der Waals surface area (Å²) in [5, 5.41) is 8.70. The van der Waals surface area contributed by atoms with Crippen LogP contribution in [0.3, 0.4) is 0 Å². The Balaban J connectivity index is 1.34. The summed E-state index contributed by atoms with van der Waals surface area (Å²) in [6.45, 7) is 4.30. The quantitative estimate of drug-likeness (QED) is 0.526. The Hall–Kier alpha value is -3.70. The van der Waals surface area contributed by atoms with E-state index in [0.717, 1.165) is 16.7 Å². The van der Waals surface area contributed by atoms with E-state index in [0.29, 0.717) is 13.0 Å². The van der Waals surface area contributed by atoms with Gasteiger partial charge in [0.2, 0.25) is 17.7 Å². The highest BCUT2D eigenvalue weighted by Crippen LogP contribution is 2.22. The van der Waals surface area contributed by atoms with Crippen molar-refractivity contribution in [3.8, 4) is 11.8 Å². The molecule has 4 rings (SSSR count). The number of rotatable bonds is 6. The predicted octanol–water partition coefficient (Wildman–Crippen LogP) is 2.14. The Morgan fingerprint density at radius 2 is 1.68 bits per heavy atom. The molecule has 2 heterocycles. The topological polar surface area (TPSA) is 90.5 Å². The van der Waals surface area contributed by atoms with Crippen molar-refractivity contribution in [1.82, 2.24) is 20.9 Å². The van der Waals surface area contributed by atoms with Gasteiger partial charge in [-0.1, -0.05) is 56.0 Å². The minimum atomic E-state index is -1.04. The first-order valence-electron chi connectivity index (χ1n) is 12.7. The number of nitrogens with one attached hydrogen (secondary N) is 3. The molecule has 3 amide bonds. The molecule has 0 aliphatic carbocycles. The third-order valence-corrected chi connectivity index (χ3v) is 6.67. The number of carbonyl (C=O) groups is 3. The maximum Gasteiger partial charge on any atom is 0.243 e. The van der Waals surface area contributed by atoms with Gasteiger partial charge in [0.15, 0.2) is 0 Å². The summed E-state index contributed by atoms with van der Waals surface area (Å²) in [5.41, 5.74) is 2.73. The Morgan fingerprint density at radius 3 is 2.30 bits per heavy atom. The molecule has 2 aromatic rings. The van der Waals surface area contributed by atoms with Crippen LogP contribution in [0.5, 0.6) is 0 Å². The van der Waals surface area contributed by atoms with Gasteiger partial charge in [-0.15, -0.1) is 0 Å². The molecule has 4 atom stereocenters. The van der Waals surface area contributed by atoms with Gasteiger partial charge in [-0.05, 0) is 36.2 Å². The first-order chi connectivity index (χ1) is 17.8. The molecule has 37 heavy (non-hydrogen) atoms. The first kappa shape index (κ1) is 26.4. The normalized spacial score (nSPS) is 22.9. The van der Waals surface area contributed by atoms with Gasteiger partial charge >= 0.3 is 0 Å². The molecule has 0 spiro atoms. The van der Waals surface area contributed by atoms with Crippen LogP contribution in [-0.4, -0.2) is 60.0 Å². The summed E-state index contributed by atoms with van der Waals surface area (Å²) in [6.07, 6.45) is -0.592. The highest BCUT2D eigenvalue weighted by Gasteiger charge is 2.41. The molecule has 2 saturated heterocycles. The molecular formula is C29H33FN4O3. The van der Waals surface area contributed by atoms with E-state index in [9.17, 15) is 18.8 Å². The maximum atomic E-state index is 13.5. The van der Waals surface area contributed by atoms with E-state index in [1.54, 1.807) is 18.7 Å². The average Bonchev–Trinajstić information content (AvgIpc) is 3.53. The minimum Gasteiger partial charge on any atom is -0.350 e. The van der Waals surface area contributed by atoms with E-state index in [4.69, 9.17) is 0 Å². The fourth-order valence-corrected chi connectivity index (χ4v) is 4.64. The first-order valence-corrected chi connectivity index (χ1v) is 12.7. The number of benzene rings is 2. The largest absolute Gasteiger partial charge is 0.350 e. The van der Waals surface area contributed by atoms with E-state index in [-0.39, 0.29) is 49.2 Å². The second-order valence-electron chi connectivity index (χ2n) is 9.93. The van der Waals surface area contributed by atoms with Crippen LogP contribution in [0.25, 0.3) is 0 Å². The van der Waals surface area contributed by atoms with Crippen LogP contribution in [0.4, 0.5) is 4.39 Å². The second kappa shape index (κ2) is 12.0. The zero-order valence-corrected chi connectivity index (χ0v) is 21.2. The lowest BCUT2D eigenvalue weighted by Crippen LogP contribution is -2.47. The molecule has 7 nitrogen and oxygen atoms in total. The number of likely N-dealkylation sites (tertiary alicyclic amines) is 1. The van der Waals surface area contributed by atoms with E-state index in [1.165, 1.54) is 0 Å². The van der Waals surface area contributed by atoms with Crippen molar-refractivity contribution in [2.24, 2.45) is 5.92 Å². The summed E-state index contributed by atoms with van der Waals surface area (Å²) in [7, 11) is 0. The highest BCUT2D eigenvalue weighted by atomic mass is 19.1. The van der Waals surface area contributed by atoms with E-state index in [2.05, 4.69) is 27.8 Å². The Bertz CT molecular complexity index is 1170. The fourth-order valence-electron chi connectivity index (χ4n) is 4.64. The van der Waals surface area contributed by atoms with Crippen LogP contribution < -0.4 is 16.0 Å². The molecule has 2 fully saturated rings. The smallest absolute Gasteiger partial charge is 0.243 e. The van der Waals surface area contributed by atoms with Crippen molar-refractivity contribution < 1.29 is 18.8 Å². The third-order valence-electron chi connectivity index (χ3n) is 6.67. The van der Waals surface area contributed by atoms with Crippen molar-refractivity contribution in [3.63, 3.8) is 0 Å². The molecule has 0 unspecified atom stereocenters. The van der Waals surface area contributed by atoms with E-state index in [1.807, 2.05) is 54.6 Å². The summed E-state index contributed by atoms with van der Waals surface area (Å²) in [5.74, 6) is 5.28. The molecule has 2 aromatic carbocycles. The van der Waals surface area contributed by atoms with Crippen molar-refractivity contribution in [2.75, 3.05) is 13.1 Å². The standard InChI is InChI=1S/C29H33FN4O3/c1-19(2)29(37)34-18-24(33-27(35)25-14-23(30)17-31-25)15-26(34)28(36)32-16-22-12-10-21(11-13-22)9-8-20-6-4-3-5-7-20/h3-7,10-13,19,23-26,31H,14-18H2,1-2H3,(H,32,36)(H,33,35)/t23-,24-,25+,26-/m1/s1. The van der Waals surface area contributed by atoms with E-state index < -0.39 is 18.3 Å². The van der Waals surface area contributed by atoms with Gasteiger partial charge in [-0.25, -0.2) is 4.39 Å². The number of carbonyl (C=O) groups excluding carboxylic acids is 3. The van der Waals surface area contributed by atoms with Gasteiger partial charge in [0.1, 0.15) is 12.2 Å². The molecule has 3 N–H and O–H groups in total. The predicted molar refractivity (Wildman–Crippen MR) is 139 cm³/mol. The average molecular weight is 505 g/mol. The maximum absolute atomic E-state index is 13.5. The Morgan fingerprint density at radius 1 is 1.00 bits per heavy atom. The number of alkyl halides is 1. The van der Waals surface area contributed by atoms with Crippen molar-refractivity contribution in [2.45, 2.75) is 57.5 Å². The van der Waals surface area contributed by atoms with Crippen LogP contribution >= 0.6 is 0 Å². The van der Waals surface area contributed by atoms with Gasteiger partial charge in [-0.3, -0.25) is 14.4 Å². The van der Waals surface area contributed by atoms with Crippen molar-refractivity contribution in [3.05, 3.63) is 71.3 Å². The van der Waals surface area contributed by atoms with Crippen molar-refractivity contribution in [1.29, 1.82) is 0 Å². The Labute approximate surface area is 217 Å². The lowest BCUT2D eigenvalue weighted by Gasteiger charge is -2.25. The Kier molecular flexibility index (Phi) is 8.57. The van der Waals surface area contributed by atoms with E-state index >= 15 is 0 Å². The lowest BCUT2D eigenvalue weighted by molar-refractivity contribution is -0.140. The zero-order valence-electron chi connectivity index (χ0n) is 21.2. The highest BCUT2D eigenvalue weighted by molar-refractivity contribution is 5.89. The molecule has 2 aliphatic heterocycles. The van der Waals surface area contributed by atoms with Gasteiger partial charge in [-0.2, -0.15) is 0 Å². The summed E-state index contributed by atoms with van der Waals surface area (Å²) < 4.78 is 13.5. The third kappa shape index (κ3) is 6.95. The van der Waals surface area contributed by atoms with Gasteiger partial charge in [0, 0.05) is 49.1 Å². The number of amides is 3. The fraction of sp³-hybridized carbons (Fsp3) is 0.414. The molecule has 0 radical (unpaired) electrons. The summed E-state index contributed by atoms with van der Waals surface area (Å²) in [6, 6.07) is 15.8. The SMILES string of the molecule is CC(C)C(=O)N1C[C@H](NC(=O)[C@@H]2C[C@@H](F)CN2)C[C@@H]1C(=O)NCc1ccc(C#Cc2ccccc2)cc1. The minimum absolute atomic E-state index is 0.133. The zero-order chi connectivity index (χ0) is 26.4. The van der Waals surface area contributed by atoms with Gasteiger partial charge in [0.25, 0.3) is 0 Å². The number of hydrogen-bond acceptors (Lipinski definition) is 4. The lowest BCUT2D eigenvalue weighted by atomic mass is 10.1. The van der Waals surface area contributed by atoms with Crippen LogP contribution in [-0.2, 0) is 20.9 Å². The molecule has 8 heteroatoms. The second-order valence-corrected chi connectivity index (χ2v) is 9.93. The van der Waals surface area contributed by atoms with Gasteiger partial charge in [0.05, 0.1) is 6.04 Å². The molecule has 0 aromatic heterocycles. The summed E-state index contributed by atoms with van der Waals surface area (Å²) in [4.78, 5) is 40.0. The molecule has 0 saturated carbocycles. The summed E-state index contributed by atoms with van der Waals surface area (Å²) >= 11 is 0. The number of hydrogen-bond donors (Lipinski definition) is 3. The monoisotopic (exact) mass is 504 g/mol. The van der Waals surface area contributed by atoms with Crippen LogP contribution in [0.15, 0.2) is 54.6 Å². The van der Waals surface area contributed by atoms with Crippen molar-refractivity contribution >= 4 is 17.7 Å². The molecule has 2 aliphatic rings. The number of halogens is 1. The van der Waals surface area contributed by atoms with Gasteiger partial charge < -0.3 is 20.9 Å². The van der Waals surface area contributed by atoms with Crippen LogP contribution in [0.2, 0.25) is 0 Å². The number of nitrogens with zero attached hydrogens (tertiary/aromatic N) is 1. The molecule has 194 valence electrons. The molecular weight excluding hydrogens is 471 g/mol.